The predicted octanol–water partition coefficient (Wildman–Crippen LogP) is 3.01. The van der Waals surface area contributed by atoms with Gasteiger partial charge in [-0.2, -0.15) is 5.06 Å². The van der Waals surface area contributed by atoms with Gasteiger partial charge in [0, 0.05) is 19.7 Å². The van der Waals surface area contributed by atoms with Gasteiger partial charge in [0.05, 0.1) is 17.1 Å². The minimum Gasteiger partial charge on any atom is -0.406 e. The molecule has 0 spiro atoms. The lowest BCUT2D eigenvalue weighted by atomic mass is 10.2. The normalized spacial score (nSPS) is 19.4. The second kappa shape index (κ2) is 9.75. The topological polar surface area (TPSA) is 76.6 Å². The number of hydrogen-bond acceptors (Lipinski definition) is 5. The van der Waals surface area contributed by atoms with E-state index >= 15 is 0 Å². The van der Waals surface area contributed by atoms with Crippen LogP contribution in [-0.2, 0) is 9.26 Å². The van der Waals surface area contributed by atoms with Crippen molar-refractivity contribution < 1.29 is 9.26 Å². The van der Waals surface area contributed by atoms with Crippen LogP contribution in [0.15, 0.2) is 80.9 Å². The van der Waals surface area contributed by atoms with Crippen LogP contribution < -0.4 is 21.6 Å². The Morgan fingerprint density at radius 2 is 1.62 bits per heavy atom. The predicted molar refractivity (Wildman–Crippen MR) is 139 cm³/mol. The van der Waals surface area contributed by atoms with Crippen LogP contribution in [0.2, 0.25) is 5.04 Å². The first kappa shape index (κ1) is 24.8. The Balaban J connectivity index is 1.66. The molecule has 0 bridgehead atoms. The van der Waals surface area contributed by atoms with E-state index in [1.165, 1.54) is 21.1 Å². The summed E-state index contributed by atoms with van der Waals surface area (Å²) in [5, 5.41) is 4.06. The third-order valence-electron chi connectivity index (χ3n) is 6.42. The van der Waals surface area contributed by atoms with E-state index in [9.17, 15) is 9.59 Å². The average molecular weight is 545 g/mol. The molecular weight excluding hydrogens is 514 g/mol. The van der Waals surface area contributed by atoms with Crippen LogP contribution in [0.4, 0.5) is 0 Å². The van der Waals surface area contributed by atoms with Gasteiger partial charge < -0.3 is 4.43 Å². The summed E-state index contributed by atoms with van der Waals surface area (Å²) in [5.41, 5.74) is -0.959. The van der Waals surface area contributed by atoms with Gasteiger partial charge in [-0.25, -0.2) is 4.79 Å². The molecule has 2 aromatic carbocycles. The first-order valence-corrected chi connectivity index (χ1v) is 14.0. The maximum Gasteiger partial charge on any atom is 0.330 e. The molecule has 0 unspecified atom stereocenters. The summed E-state index contributed by atoms with van der Waals surface area (Å²) in [5.74, 6) is 0. The second-order valence-electron chi connectivity index (χ2n) is 9.61. The summed E-state index contributed by atoms with van der Waals surface area (Å²) in [6.07, 6.45) is 1.50. The van der Waals surface area contributed by atoms with E-state index in [4.69, 9.17) is 9.26 Å². The number of nitrogens with zero attached hydrogens (tertiary/aromatic N) is 2. The highest BCUT2D eigenvalue weighted by Crippen LogP contribution is 2.38. The maximum absolute atomic E-state index is 12.4. The van der Waals surface area contributed by atoms with Crippen molar-refractivity contribution in [3.8, 4) is 0 Å². The molecule has 0 amide bonds. The van der Waals surface area contributed by atoms with Gasteiger partial charge in [-0.1, -0.05) is 81.4 Å². The molecule has 1 saturated heterocycles. The van der Waals surface area contributed by atoms with Crippen molar-refractivity contribution in [2.75, 3.05) is 13.7 Å². The monoisotopic (exact) mass is 543 g/mol. The highest BCUT2D eigenvalue weighted by atomic mass is 79.9. The Kier molecular flexibility index (Phi) is 7.11. The van der Waals surface area contributed by atoms with E-state index in [0.29, 0.717) is 13.0 Å². The molecule has 2 atom stereocenters. The Morgan fingerprint density at radius 3 is 2.15 bits per heavy atom. The van der Waals surface area contributed by atoms with Crippen molar-refractivity contribution in [3.05, 3.63) is 92.2 Å². The number of aromatic amines is 1. The third kappa shape index (κ3) is 4.63. The summed E-state index contributed by atoms with van der Waals surface area (Å²) < 4.78 is 8.73. The van der Waals surface area contributed by atoms with E-state index in [1.807, 2.05) is 19.2 Å². The van der Waals surface area contributed by atoms with E-state index < -0.39 is 25.8 Å². The van der Waals surface area contributed by atoms with Crippen molar-refractivity contribution in [1.82, 2.24) is 14.6 Å². The van der Waals surface area contributed by atoms with E-state index in [0.717, 1.165) is 0 Å². The fourth-order valence-corrected chi connectivity index (χ4v) is 9.61. The summed E-state index contributed by atoms with van der Waals surface area (Å²) in [4.78, 5) is 32.4. The van der Waals surface area contributed by atoms with Crippen LogP contribution in [0.5, 0.6) is 0 Å². The molecule has 9 heteroatoms. The standard InChI is InChI=1S/C25H30BrN3O4Si/c1-25(2,3)34(19-11-7-5-8-12-19,20-13-9-6-10-14-20)32-17-18-15-22(33-28(18)4)29-16-21(26)23(30)27-24(29)31/h5-14,16,18,22H,15,17H2,1-4H3,(H,27,30,31)/t18-,22+/m1/s1. The average Bonchev–Trinajstić information content (AvgIpc) is 3.17. The zero-order valence-electron chi connectivity index (χ0n) is 19.8. The minimum absolute atomic E-state index is 0.0655. The molecule has 0 saturated carbocycles. The minimum atomic E-state index is -2.68. The van der Waals surface area contributed by atoms with Gasteiger partial charge in [0.25, 0.3) is 13.9 Å². The Bertz CT molecular complexity index is 1200. The molecule has 1 fully saturated rings. The zero-order chi connectivity index (χ0) is 24.5. The molecule has 1 N–H and O–H groups in total. The van der Waals surface area contributed by atoms with Gasteiger partial charge in [-0.05, 0) is 31.3 Å². The third-order valence-corrected chi connectivity index (χ3v) is 12.0. The molecule has 180 valence electrons. The molecule has 0 aliphatic carbocycles. The van der Waals surface area contributed by atoms with Crippen LogP contribution >= 0.6 is 15.9 Å². The van der Waals surface area contributed by atoms with Gasteiger partial charge >= 0.3 is 5.69 Å². The highest BCUT2D eigenvalue weighted by Gasteiger charge is 2.51. The fourth-order valence-electron chi connectivity index (χ4n) is 4.70. The lowest BCUT2D eigenvalue weighted by Crippen LogP contribution is -2.67. The van der Waals surface area contributed by atoms with Crippen molar-refractivity contribution in [3.63, 3.8) is 0 Å². The summed E-state index contributed by atoms with van der Waals surface area (Å²) in [6, 6.07) is 20.9. The van der Waals surface area contributed by atoms with Gasteiger partial charge in [-0.3, -0.25) is 19.2 Å². The molecule has 0 radical (unpaired) electrons. The van der Waals surface area contributed by atoms with Gasteiger partial charge in [0.1, 0.15) is 0 Å². The van der Waals surface area contributed by atoms with E-state index in [-0.39, 0.29) is 15.6 Å². The molecule has 3 aromatic rings. The second-order valence-corrected chi connectivity index (χ2v) is 14.8. The molecule has 1 aliphatic heterocycles. The number of hydrogen-bond donors (Lipinski definition) is 1. The molecule has 4 rings (SSSR count). The lowest BCUT2D eigenvalue weighted by molar-refractivity contribution is -0.169. The smallest absolute Gasteiger partial charge is 0.330 e. The number of rotatable bonds is 6. The van der Waals surface area contributed by atoms with Gasteiger partial charge in [0.2, 0.25) is 0 Å². The Morgan fingerprint density at radius 1 is 1.06 bits per heavy atom. The lowest BCUT2D eigenvalue weighted by Gasteiger charge is -2.43. The Hall–Kier alpha value is -2.30. The number of benzene rings is 2. The number of likely N-dealkylation sites (N-methyl/N-ethyl adjacent to an activating group) is 1. The number of halogens is 1. The van der Waals surface area contributed by atoms with E-state index in [2.05, 4.69) is 90.2 Å². The van der Waals surface area contributed by atoms with Crippen LogP contribution in [-0.4, -0.2) is 42.6 Å². The largest absolute Gasteiger partial charge is 0.406 e. The molecule has 7 nitrogen and oxygen atoms in total. The van der Waals surface area contributed by atoms with Gasteiger partial charge in [0.15, 0.2) is 6.23 Å². The van der Waals surface area contributed by atoms with Crippen molar-refractivity contribution in [2.24, 2.45) is 0 Å². The van der Waals surface area contributed by atoms with Crippen molar-refractivity contribution in [1.29, 1.82) is 0 Å². The van der Waals surface area contributed by atoms with Crippen molar-refractivity contribution in [2.45, 2.75) is 44.5 Å². The number of aromatic nitrogens is 2. The molecule has 2 heterocycles. The summed E-state index contributed by atoms with van der Waals surface area (Å²) in [7, 11) is -0.828. The molecule has 1 aromatic heterocycles. The fraction of sp³-hybridized carbons (Fsp3) is 0.360. The quantitative estimate of drug-likeness (QED) is 0.483. The first-order chi connectivity index (χ1) is 16.1. The van der Waals surface area contributed by atoms with Gasteiger partial charge in [-0.15, -0.1) is 0 Å². The maximum atomic E-state index is 12.4. The molecule has 1 aliphatic rings. The summed E-state index contributed by atoms with van der Waals surface area (Å²) in [6.45, 7) is 7.18. The number of hydroxylamine groups is 2. The Labute approximate surface area is 208 Å². The van der Waals surface area contributed by atoms with E-state index in [1.54, 1.807) is 5.06 Å². The molecular formula is C25H30BrN3O4Si. The van der Waals surface area contributed by atoms with Crippen molar-refractivity contribution >= 4 is 34.6 Å². The highest BCUT2D eigenvalue weighted by molar-refractivity contribution is 9.10. The first-order valence-electron chi connectivity index (χ1n) is 11.3. The van der Waals surface area contributed by atoms with Crippen LogP contribution in [0.25, 0.3) is 0 Å². The molecule has 34 heavy (non-hydrogen) atoms. The SMILES string of the molecule is CN1O[C@H](n2cc(Br)c(=O)[nH]c2=O)C[C@@H]1CO[Si](c1ccccc1)(c1ccccc1)C(C)(C)C. The summed E-state index contributed by atoms with van der Waals surface area (Å²) >= 11 is 3.20. The number of nitrogens with one attached hydrogen (secondary N) is 1. The van der Waals surface area contributed by atoms with Crippen LogP contribution in [0.1, 0.15) is 33.4 Å². The zero-order valence-corrected chi connectivity index (χ0v) is 22.4. The van der Waals surface area contributed by atoms with Crippen LogP contribution in [0.3, 0.4) is 0 Å². The number of H-pyrrole nitrogens is 1. The van der Waals surface area contributed by atoms with Crippen LogP contribution in [0, 0.1) is 0 Å².